The summed E-state index contributed by atoms with van der Waals surface area (Å²) in [5.74, 6) is 0.384. The minimum Gasteiger partial charge on any atom is -0.355 e. The molecule has 2 aliphatic rings. The number of hydrogen-bond donors (Lipinski definition) is 1. The number of halogens is 1. The van der Waals surface area contributed by atoms with E-state index in [1.165, 1.54) is 36.8 Å². The third-order valence-corrected chi connectivity index (χ3v) is 6.20. The number of benzene rings is 1. The van der Waals surface area contributed by atoms with Gasteiger partial charge in [0.25, 0.3) is 0 Å². The van der Waals surface area contributed by atoms with Gasteiger partial charge in [0, 0.05) is 17.8 Å². The number of hydrogen-bond acceptors (Lipinski definition) is 1. The van der Waals surface area contributed by atoms with Gasteiger partial charge >= 0.3 is 0 Å². The Morgan fingerprint density at radius 2 is 1.80 bits per heavy atom. The molecule has 1 fully saturated rings. The van der Waals surface area contributed by atoms with E-state index in [1.807, 2.05) is 0 Å². The van der Waals surface area contributed by atoms with Gasteiger partial charge in [-0.1, -0.05) is 53.0 Å². The molecule has 2 nitrogen and oxygen atoms in total. The Hall–Kier alpha value is -0.830. The van der Waals surface area contributed by atoms with Crippen LogP contribution in [-0.4, -0.2) is 17.8 Å². The normalized spacial score (nSPS) is 20.9. The van der Waals surface area contributed by atoms with Gasteiger partial charge < -0.3 is 5.32 Å². The highest BCUT2D eigenvalue weighted by Crippen LogP contribution is 2.39. The summed E-state index contributed by atoms with van der Waals surface area (Å²) in [5.41, 5.74) is 3.01. The molecule has 3 heteroatoms. The highest BCUT2D eigenvalue weighted by atomic mass is 79.9. The lowest BCUT2D eigenvalue weighted by molar-refractivity contribution is -0.125. The second kappa shape index (κ2) is 5.88. The zero-order chi connectivity index (χ0) is 14.0. The van der Waals surface area contributed by atoms with Gasteiger partial charge in [0.2, 0.25) is 5.91 Å². The van der Waals surface area contributed by atoms with Gasteiger partial charge in [-0.2, -0.15) is 0 Å². The fraction of sp³-hybridized carbons (Fsp3) is 0.588. The largest absolute Gasteiger partial charge is 0.355 e. The highest BCUT2D eigenvalue weighted by Gasteiger charge is 2.34. The van der Waals surface area contributed by atoms with Crippen LogP contribution in [0.4, 0.5) is 0 Å². The van der Waals surface area contributed by atoms with Crippen LogP contribution in [0.25, 0.3) is 0 Å². The van der Waals surface area contributed by atoms with Gasteiger partial charge in [0.05, 0.1) is 0 Å². The third kappa shape index (κ3) is 2.78. The van der Waals surface area contributed by atoms with Crippen LogP contribution in [0, 0.1) is 11.3 Å². The van der Waals surface area contributed by atoms with Crippen molar-refractivity contribution in [1.82, 2.24) is 5.32 Å². The number of carbonyl (C=O) groups excluding carboxylic acids is 1. The summed E-state index contributed by atoms with van der Waals surface area (Å²) in [4.78, 5) is 12.4. The summed E-state index contributed by atoms with van der Waals surface area (Å²) in [5, 5.41) is 4.23. The van der Waals surface area contributed by atoms with Crippen LogP contribution in [0.5, 0.6) is 0 Å². The van der Waals surface area contributed by atoms with Crippen molar-refractivity contribution in [1.29, 1.82) is 0 Å². The van der Waals surface area contributed by atoms with Crippen molar-refractivity contribution in [3.63, 3.8) is 0 Å². The van der Waals surface area contributed by atoms with E-state index in [4.69, 9.17) is 0 Å². The molecule has 0 atom stereocenters. The second-order valence-corrected chi connectivity index (χ2v) is 6.99. The quantitative estimate of drug-likeness (QED) is 0.838. The van der Waals surface area contributed by atoms with E-state index in [0.717, 1.165) is 24.7 Å². The molecule has 1 N–H and O–H groups in total. The molecule has 0 spiro atoms. The molecule has 0 aliphatic heterocycles. The Bertz CT molecular complexity index is 469. The molecule has 0 aromatic heterocycles. The van der Waals surface area contributed by atoms with Crippen LogP contribution in [0.2, 0.25) is 0 Å². The summed E-state index contributed by atoms with van der Waals surface area (Å²) < 4.78 is 0. The maximum Gasteiger partial charge on any atom is 0.223 e. The SMILES string of the molecule is O=C(NCC1(CBr)CCCC1)C1Cc2ccccc2C1. The van der Waals surface area contributed by atoms with Crippen molar-refractivity contribution >= 4 is 21.8 Å². The lowest BCUT2D eigenvalue weighted by Gasteiger charge is -2.27. The monoisotopic (exact) mass is 335 g/mol. The molecular weight excluding hydrogens is 314 g/mol. The molecule has 1 aromatic carbocycles. The molecule has 0 radical (unpaired) electrons. The van der Waals surface area contributed by atoms with Gasteiger partial charge in [0.1, 0.15) is 0 Å². The molecule has 1 saturated carbocycles. The van der Waals surface area contributed by atoms with E-state index in [-0.39, 0.29) is 11.8 Å². The Kier molecular flexibility index (Phi) is 4.16. The molecule has 1 aromatic rings. The smallest absolute Gasteiger partial charge is 0.223 e. The number of rotatable bonds is 4. The summed E-state index contributed by atoms with van der Waals surface area (Å²) >= 11 is 3.64. The second-order valence-electron chi connectivity index (χ2n) is 6.43. The van der Waals surface area contributed by atoms with Gasteiger partial charge in [-0.05, 0) is 42.2 Å². The summed E-state index contributed by atoms with van der Waals surface area (Å²) in [6.45, 7) is 0.837. The van der Waals surface area contributed by atoms with Crippen molar-refractivity contribution in [2.75, 3.05) is 11.9 Å². The number of amides is 1. The first kappa shape index (κ1) is 14.1. The molecule has 1 amide bonds. The van der Waals surface area contributed by atoms with E-state index in [1.54, 1.807) is 0 Å². The van der Waals surface area contributed by atoms with E-state index in [9.17, 15) is 4.79 Å². The van der Waals surface area contributed by atoms with Crippen LogP contribution in [0.15, 0.2) is 24.3 Å². The molecule has 3 rings (SSSR count). The zero-order valence-electron chi connectivity index (χ0n) is 11.8. The van der Waals surface area contributed by atoms with Crippen LogP contribution in [0.1, 0.15) is 36.8 Å². The van der Waals surface area contributed by atoms with Crippen LogP contribution in [0.3, 0.4) is 0 Å². The number of nitrogens with one attached hydrogen (secondary N) is 1. The number of carbonyl (C=O) groups is 1. The minimum atomic E-state index is 0.140. The molecule has 0 saturated heterocycles. The lowest BCUT2D eigenvalue weighted by Crippen LogP contribution is -2.40. The first-order chi connectivity index (χ1) is 9.72. The van der Waals surface area contributed by atoms with E-state index < -0.39 is 0 Å². The predicted octanol–water partition coefficient (Wildman–Crippen LogP) is 3.47. The predicted molar refractivity (Wildman–Crippen MR) is 85.0 cm³/mol. The summed E-state index contributed by atoms with van der Waals surface area (Å²) in [6.07, 6.45) is 6.90. The van der Waals surface area contributed by atoms with Crippen molar-refractivity contribution in [3.05, 3.63) is 35.4 Å². The first-order valence-corrected chi connectivity index (χ1v) is 8.75. The van der Waals surface area contributed by atoms with Gasteiger partial charge in [0.15, 0.2) is 0 Å². The van der Waals surface area contributed by atoms with Crippen molar-refractivity contribution in [2.45, 2.75) is 38.5 Å². The van der Waals surface area contributed by atoms with E-state index in [0.29, 0.717) is 5.41 Å². The molecule has 108 valence electrons. The minimum absolute atomic E-state index is 0.140. The van der Waals surface area contributed by atoms with Crippen molar-refractivity contribution in [2.24, 2.45) is 11.3 Å². The van der Waals surface area contributed by atoms with Crippen LogP contribution in [-0.2, 0) is 17.6 Å². The number of fused-ring (bicyclic) bond motifs is 1. The average molecular weight is 336 g/mol. The van der Waals surface area contributed by atoms with Crippen LogP contribution >= 0.6 is 15.9 Å². The molecule has 20 heavy (non-hydrogen) atoms. The molecule has 0 bridgehead atoms. The lowest BCUT2D eigenvalue weighted by atomic mass is 9.88. The molecule has 0 heterocycles. The Morgan fingerprint density at radius 1 is 1.20 bits per heavy atom. The van der Waals surface area contributed by atoms with Gasteiger partial charge in [-0.3, -0.25) is 4.79 Å². The van der Waals surface area contributed by atoms with E-state index >= 15 is 0 Å². The van der Waals surface area contributed by atoms with Gasteiger partial charge in [-0.15, -0.1) is 0 Å². The van der Waals surface area contributed by atoms with Gasteiger partial charge in [-0.25, -0.2) is 0 Å². The fourth-order valence-electron chi connectivity index (χ4n) is 3.65. The van der Waals surface area contributed by atoms with E-state index in [2.05, 4.69) is 45.5 Å². The van der Waals surface area contributed by atoms with Crippen molar-refractivity contribution < 1.29 is 4.79 Å². The molecule has 2 aliphatic carbocycles. The average Bonchev–Trinajstić information content (AvgIpc) is 3.12. The maximum atomic E-state index is 12.4. The van der Waals surface area contributed by atoms with Crippen molar-refractivity contribution in [3.8, 4) is 0 Å². The summed E-state index contributed by atoms with van der Waals surface area (Å²) in [7, 11) is 0. The van der Waals surface area contributed by atoms with Crippen LogP contribution < -0.4 is 5.32 Å². The topological polar surface area (TPSA) is 29.1 Å². The Balaban J connectivity index is 1.56. The first-order valence-electron chi connectivity index (χ1n) is 7.63. The Morgan fingerprint density at radius 3 is 2.35 bits per heavy atom. The molecule has 0 unspecified atom stereocenters. The highest BCUT2D eigenvalue weighted by molar-refractivity contribution is 9.09. The number of alkyl halides is 1. The standard InChI is InChI=1S/C17H22BrNO/c18-11-17(7-3-4-8-17)12-19-16(20)15-9-13-5-1-2-6-14(13)10-15/h1-2,5-6,15H,3-4,7-12H2,(H,19,20). The fourth-order valence-corrected chi connectivity index (χ4v) is 4.40. The third-order valence-electron chi connectivity index (χ3n) is 5.01. The molecular formula is C17H22BrNO. The Labute approximate surface area is 129 Å². The zero-order valence-corrected chi connectivity index (χ0v) is 13.4. The maximum absolute atomic E-state index is 12.4. The summed E-state index contributed by atoms with van der Waals surface area (Å²) in [6, 6.07) is 8.44.